The van der Waals surface area contributed by atoms with E-state index in [2.05, 4.69) is 20.9 Å². The van der Waals surface area contributed by atoms with Gasteiger partial charge >= 0.3 is 0 Å². The predicted octanol–water partition coefficient (Wildman–Crippen LogP) is 7.66. The van der Waals surface area contributed by atoms with Crippen LogP contribution < -0.4 is 16.0 Å². The highest BCUT2D eigenvalue weighted by molar-refractivity contribution is 7.99. The van der Waals surface area contributed by atoms with Crippen LogP contribution in [0.25, 0.3) is 17.0 Å². The van der Waals surface area contributed by atoms with Crippen LogP contribution in [-0.4, -0.2) is 28.5 Å². The lowest BCUT2D eigenvalue weighted by Crippen LogP contribution is -2.30. The number of hydrogen-bond donors (Lipinski definition) is 4. The van der Waals surface area contributed by atoms with Crippen LogP contribution in [0.5, 0.6) is 0 Å². The number of fused-ring (bicyclic) bond motifs is 1. The van der Waals surface area contributed by atoms with Crippen molar-refractivity contribution in [3.8, 4) is 0 Å². The summed E-state index contributed by atoms with van der Waals surface area (Å²) >= 11 is 7.68. The number of amides is 3. The van der Waals surface area contributed by atoms with Gasteiger partial charge in [-0.25, -0.2) is 0 Å². The summed E-state index contributed by atoms with van der Waals surface area (Å²) in [5.74, 6) is -0.347. The Balaban J connectivity index is 1.23. The molecule has 0 aliphatic carbocycles. The molecule has 43 heavy (non-hydrogen) atoms. The molecule has 0 atom stereocenters. The summed E-state index contributed by atoms with van der Waals surface area (Å²) in [7, 11) is 0. The van der Waals surface area contributed by atoms with Crippen molar-refractivity contribution >= 4 is 69.4 Å². The van der Waals surface area contributed by atoms with Gasteiger partial charge < -0.3 is 20.9 Å². The maximum Gasteiger partial charge on any atom is 0.272 e. The minimum atomic E-state index is -0.456. The number of nitrogens with one attached hydrogen (secondary N) is 4. The second kappa shape index (κ2) is 13.9. The van der Waals surface area contributed by atoms with Crippen LogP contribution >= 0.6 is 23.4 Å². The Morgan fingerprint density at radius 2 is 1.60 bits per heavy atom. The van der Waals surface area contributed by atoms with Gasteiger partial charge in [-0.05, 0) is 73.2 Å². The van der Waals surface area contributed by atoms with Gasteiger partial charge in [0.2, 0.25) is 5.91 Å². The van der Waals surface area contributed by atoms with E-state index < -0.39 is 5.91 Å². The van der Waals surface area contributed by atoms with Gasteiger partial charge in [0.1, 0.15) is 5.70 Å². The number of hydrogen-bond acceptors (Lipinski definition) is 4. The monoisotopic (exact) mass is 608 g/mol. The number of halogens is 1. The quantitative estimate of drug-likeness (QED) is 0.0965. The third kappa shape index (κ3) is 7.74. The van der Waals surface area contributed by atoms with E-state index >= 15 is 0 Å². The number of para-hydroxylation sites is 1. The Kier molecular flexibility index (Phi) is 9.61. The first kappa shape index (κ1) is 29.7. The van der Waals surface area contributed by atoms with Crippen molar-refractivity contribution in [1.29, 1.82) is 0 Å². The lowest BCUT2D eigenvalue weighted by Gasteiger charge is -2.12. The summed E-state index contributed by atoms with van der Waals surface area (Å²) in [6.45, 7) is 1.87. The molecule has 1 aromatic heterocycles. The Morgan fingerprint density at radius 1 is 0.860 bits per heavy atom. The molecule has 0 aliphatic rings. The highest BCUT2D eigenvalue weighted by Crippen LogP contribution is 2.25. The highest BCUT2D eigenvalue weighted by Gasteiger charge is 2.16. The fourth-order valence-electron chi connectivity index (χ4n) is 4.36. The van der Waals surface area contributed by atoms with Gasteiger partial charge in [-0.3, -0.25) is 14.4 Å². The van der Waals surface area contributed by atoms with Crippen LogP contribution in [0.2, 0.25) is 5.02 Å². The zero-order valence-electron chi connectivity index (χ0n) is 23.3. The first-order valence-corrected chi connectivity index (χ1v) is 15.0. The Morgan fingerprint density at radius 3 is 2.40 bits per heavy atom. The lowest BCUT2D eigenvalue weighted by molar-refractivity contribution is -0.116. The molecule has 0 saturated heterocycles. The second-order valence-corrected chi connectivity index (χ2v) is 11.3. The topological polar surface area (TPSA) is 103 Å². The van der Waals surface area contributed by atoms with Crippen molar-refractivity contribution in [2.24, 2.45) is 0 Å². The molecule has 216 valence electrons. The normalized spacial score (nSPS) is 11.3. The van der Waals surface area contributed by atoms with Crippen molar-refractivity contribution in [1.82, 2.24) is 10.3 Å². The van der Waals surface area contributed by atoms with Crippen LogP contribution in [-0.2, 0) is 9.59 Å². The molecule has 0 aliphatic heterocycles. The van der Waals surface area contributed by atoms with E-state index in [0.29, 0.717) is 34.1 Å². The lowest BCUT2D eigenvalue weighted by atomic mass is 10.1. The molecule has 3 amide bonds. The number of aromatic nitrogens is 1. The third-order valence-corrected chi connectivity index (χ3v) is 8.12. The molecule has 0 spiro atoms. The predicted molar refractivity (Wildman–Crippen MR) is 175 cm³/mol. The smallest absolute Gasteiger partial charge is 0.272 e. The molecule has 0 unspecified atom stereocenters. The van der Waals surface area contributed by atoms with Gasteiger partial charge in [0.05, 0.1) is 0 Å². The molecule has 0 bridgehead atoms. The molecular formula is C34H29ClN4O3S. The van der Waals surface area contributed by atoms with E-state index in [0.717, 1.165) is 26.9 Å². The number of carbonyl (C=O) groups excluding carboxylic acids is 3. The molecule has 1 heterocycles. The first-order chi connectivity index (χ1) is 20.9. The number of aromatic amines is 1. The maximum atomic E-state index is 13.4. The van der Waals surface area contributed by atoms with Gasteiger partial charge in [-0.1, -0.05) is 54.1 Å². The number of anilines is 2. The Hall–Kier alpha value is -4.79. The number of H-pyrrole nitrogens is 1. The minimum absolute atomic E-state index is 0.0891. The molecule has 5 aromatic rings. The average Bonchev–Trinajstić information content (AvgIpc) is 3.43. The SMILES string of the molecule is Cc1c(Cl)cccc1NC(=O)CCSc1ccc(NC(=O)/C(=C\c2c[nH]c3ccccc23)NC(=O)c2ccccc2)cc1. The van der Waals surface area contributed by atoms with E-state index in [1.165, 1.54) is 11.8 Å². The van der Waals surface area contributed by atoms with Crippen LogP contribution in [0.15, 0.2) is 114 Å². The third-order valence-electron chi connectivity index (χ3n) is 6.70. The van der Waals surface area contributed by atoms with Crippen molar-refractivity contribution in [2.75, 3.05) is 16.4 Å². The van der Waals surface area contributed by atoms with Crippen LogP contribution in [0.4, 0.5) is 11.4 Å². The first-order valence-electron chi connectivity index (χ1n) is 13.6. The largest absolute Gasteiger partial charge is 0.361 e. The van der Waals surface area contributed by atoms with E-state index in [1.54, 1.807) is 60.8 Å². The molecule has 4 N–H and O–H groups in total. The highest BCUT2D eigenvalue weighted by atomic mass is 35.5. The Labute approximate surface area is 258 Å². The fraction of sp³-hybridized carbons (Fsp3) is 0.0882. The van der Waals surface area contributed by atoms with Crippen molar-refractivity contribution in [2.45, 2.75) is 18.2 Å². The van der Waals surface area contributed by atoms with Gasteiger partial charge in [0.15, 0.2) is 0 Å². The summed E-state index contributed by atoms with van der Waals surface area (Å²) in [6, 6.07) is 29.2. The average molecular weight is 609 g/mol. The van der Waals surface area contributed by atoms with Gasteiger partial charge in [0, 0.05) is 61.7 Å². The number of thioether (sulfide) groups is 1. The molecule has 0 fully saturated rings. The molecule has 7 nitrogen and oxygen atoms in total. The molecule has 0 saturated carbocycles. The van der Waals surface area contributed by atoms with E-state index in [9.17, 15) is 14.4 Å². The fourth-order valence-corrected chi connectivity index (χ4v) is 5.39. The zero-order chi connectivity index (χ0) is 30.2. The van der Waals surface area contributed by atoms with Gasteiger partial charge in [-0.15, -0.1) is 11.8 Å². The summed E-state index contributed by atoms with van der Waals surface area (Å²) in [5, 5.41) is 10.1. The molecule has 9 heteroatoms. The molecule has 5 rings (SSSR count). The number of carbonyl (C=O) groups is 3. The minimum Gasteiger partial charge on any atom is -0.361 e. The maximum absolute atomic E-state index is 13.4. The standard InChI is InChI=1S/C34H29ClN4O3S/c1-22-28(35)11-7-13-29(22)38-32(40)18-19-43-26-16-14-25(15-17-26)37-34(42)31(39-33(41)23-8-3-2-4-9-23)20-24-21-36-30-12-6-5-10-27(24)30/h2-17,20-21,36H,18-19H2,1H3,(H,37,42)(H,38,40)(H,39,41)/b31-20+. The Bertz CT molecular complexity index is 1800. The zero-order valence-corrected chi connectivity index (χ0v) is 24.9. The van der Waals surface area contributed by atoms with Crippen molar-refractivity contribution in [3.05, 3.63) is 131 Å². The van der Waals surface area contributed by atoms with E-state index in [4.69, 9.17) is 11.6 Å². The van der Waals surface area contributed by atoms with Crippen molar-refractivity contribution < 1.29 is 14.4 Å². The van der Waals surface area contributed by atoms with Crippen LogP contribution in [0.3, 0.4) is 0 Å². The van der Waals surface area contributed by atoms with E-state index in [1.807, 2.05) is 55.5 Å². The number of rotatable bonds is 10. The van der Waals surface area contributed by atoms with Gasteiger partial charge in [-0.2, -0.15) is 0 Å². The summed E-state index contributed by atoms with van der Waals surface area (Å²) in [4.78, 5) is 42.9. The van der Waals surface area contributed by atoms with E-state index in [-0.39, 0.29) is 17.5 Å². The van der Waals surface area contributed by atoms with Crippen LogP contribution in [0, 0.1) is 6.92 Å². The molecular weight excluding hydrogens is 580 g/mol. The number of benzene rings is 4. The van der Waals surface area contributed by atoms with Crippen LogP contribution in [0.1, 0.15) is 27.9 Å². The summed E-state index contributed by atoms with van der Waals surface area (Å²) < 4.78 is 0. The van der Waals surface area contributed by atoms with Gasteiger partial charge in [0.25, 0.3) is 11.8 Å². The molecule has 4 aromatic carbocycles. The second-order valence-electron chi connectivity index (χ2n) is 9.71. The molecule has 0 radical (unpaired) electrons. The summed E-state index contributed by atoms with van der Waals surface area (Å²) in [6.07, 6.45) is 3.79. The van der Waals surface area contributed by atoms with Crippen molar-refractivity contribution in [3.63, 3.8) is 0 Å². The summed E-state index contributed by atoms with van der Waals surface area (Å²) in [5.41, 5.74) is 4.37.